The molecule has 3 N–H and O–H groups in total. The smallest absolute Gasteiger partial charge is 0.312 e. The molecule has 0 spiro atoms. The summed E-state index contributed by atoms with van der Waals surface area (Å²) in [6.07, 6.45) is 1.65. The highest BCUT2D eigenvalue weighted by molar-refractivity contribution is 5.94. The Hall–Kier alpha value is -4.85. The number of para-hydroxylation sites is 1. The number of carbonyl (C=O) groups excluding carboxylic acids is 1. The third kappa shape index (κ3) is 3.26. The fraction of sp³-hybridized carbons (Fsp3) is 0.0741. The van der Waals surface area contributed by atoms with E-state index in [1.807, 2.05) is 30.3 Å². The highest BCUT2D eigenvalue weighted by Gasteiger charge is 2.34. The highest BCUT2D eigenvalue weighted by Crippen LogP contribution is 2.47. The van der Waals surface area contributed by atoms with E-state index in [4.69, 9.17) is 9.15 Å². The number of phenolic OH excluding ortho intramolecular Hbond substituents is 3. The lowest BCUT2D eigenvalue weighted by Gasteiger charge is -2.26. The van der Waals surface area contributed by atoms with Crippen molar-refractivity contribution >= 4 is 27.8 Å². The van der Waals surface area contributed by atoms with Gasteiger partial charge in [0.2, 0.25) is 0 Å². The first-order chi connectivity index (χ1) is 16.9. The molecule has 3 heterocycles. The lowest BCUT2D eigenvalue weighted by atomic mass is 9.84. The Bertz CT molecular complexity index is 1730. The van der Waals surface area contributed by atoms with Crippen molar-refractivity contribution in [2.24, 2.45) is 0 Å². The summed E-state index contributed by atoms with van der Waals surface area (Å²) in [5.74, 6) is -1.91. The van der Waals surface area contributed by atoms with Gasteiger partial charge in [0, 0.05) is 40.8 Å². The summed E-state index contributed by atoms with van der Waals surface area (Å²) in [6, 6.07) is 15.9. The zero-order chi connectivity index (χ0) is 24.3. The lowest BCUT2D eigenvalue weighted by Crippen LogP contribution is -2.22. The predicted molar refractivity (Wildman–Crippen MR) is 127 cm³/mol. The van der Waals surface area contributed by atoms with Crippen molar-refractivity contribution in [3.05, 3.63) is 88.2 Å². The second-order valence-electron chi connectivity index (χ2n) is 8.34. The van der Waals surface area contributed by atoms with Crippen LogP contribution in [0.5, 0.6) is 23.0 Å². The SMILES string of the molecule is O=C1C[C@H](c2cccc3cccnc23)c2c(cc(O)c3c(=O)cc(-c4ccc(O)c(O)c4)oc23)O1. The van der Waals surface area contributed by atoms with Gasteiger partial charge in [-0.25, -0.2) is 0 Å². The van der Waals surface area contributed by atoms with E-state index in [9.17, 15) is 24.9 Å². The van der Waals surface area contributed by atoms with Crippen molar-refractivity contribution in [1.29, 1.82) is 0 Å². The van der Waals surface area contributed by atoms with Crippen LogP contribution >= 0.6 is 0 Å². The number of benzene rings is 3. The summed E-state index contributed by atoms with van der Waals surface area (Å²) in [5, 5.41) is 31.0. The molecule has 5 aromatic rings. The maximum Gasteiger partial charge on any atom is 0.312 e. The number of carbonyl (C=O) groups is 1. The van der Waals surface area contributed by atoms with Crippen molar-refractivity contribution in [3.8, 4) is 34.3 Å². The number of rotatable bonds is 2. The second-order valence-corrected chi connectivity index (χ2v) is 8.34. The van der Waals surface area contributed by atoms with Crippen LogP contribution in [0.15, 0.2) is 76.1 Å². The number of ether oxygens (including phenoxy) is 1. The molecule has 1 aliphatic heterocycles. The predicted octanol–water partition coefficient (Wildman–Crippen LogP) is 4.57. The van der Waals surface area contributed by atoms with E-state index in [0.29, 0.717) is 16.6 Å². The van der Waals surface area contributed by atoms with Gasteiger partial charge in [-0.15, -0.1) is 0 Å². The summed E-state index contributed by atoms with van der Waals surface area (Å²) in [4.78, 5) is 30.2. The number of hydrogen-bond acceptors (Lipinski definition) is 8. The van der Waals surface area contributed by atoms with Gasteiger partial charge < -0.3 is 24.5 Å². The number of hydrogen-bond donors (Lipinski definition) is 3. The third-order valence-corrected chi connectivity index (χ3v) is 6.22. The molecule has 1 atom stereocenters. The van der Waals surface area contributed by atoms with Gasteiger partial charge in [0.15, 0.2) is 16.9 Å². The van der Waals surface area contributed by atoms with Crippen LogP contribution in [0.3, 0.4) is 0 Å². The van der Waals surface area contributed by atoms with Crippen LogP contribution in [0.4, 0.5) is 0 Å². The molecule has 0 bridgehead atoms. The van der Waals surface area contributed by atoms with Gasteiger partial charge in [-0.1, -0.05) is 24.3 Å². The van der Waals surface area contributed by atoms with Crippen molar-refractivity contribution in [2.45, 2.75) is 12.3 Å². The minimum absolute atomic E-state index is 0.0174. The minimum atomic E-state index is -0.556. The van der Waals surface area contributed by atoms with Crippen molar-refractivity contribution < 1.29 is 29.3 Å². The van der Waals surface area contributed by atoms with Crippen LogP contribution in [0.1, 0.15) is 23.5 Å². The maximum atomic E-state index is 13.1. The van der Waals surface area contributed by atoms with Crippen molar-refractivity contribution in [2.75, 3.05) is 0 Å². The Labute approximate surface area is 197 Å². The van der Waals surface area contributed by atoms with E-state index in [1.165, 1.54) is 30.3 Å². The van der Waals surface area contributed by atoms with E-state index in [-0.39, 0.29) is 46.1 Å². The molecule has 6 rings (SSSR count). The van der Waals surface area contributed by atoms with E-state index < -0.39 is 17.3 Å². The molecule has 0 amide bonds. The van der Waals surface area contributed by atoms with Gasteiger partial charge >= 0.3 is 5.97 Å². The number of phenols is 3. The number of pyridine rings is 1. The highest BCUT2D eigenvalue weighted by atomic mass is 16.5. The lowest BCUT2D eigenvalue weighted by molar-refractivity contribution is -0.135. The Morgan fingerprint density at radius 2 is 1.71 bits per heavy atom. The van der Waals surface area contributed by atoms with Gasteiger partial charge in [0.1, 0.15) is 28.2 Å². The van der Waals surface area contributed by atoms with Gasteiger partial charge in [-0.3, -0.25) is 14.6 Å². The van der Waals surface area contributed by atoms with Gasteiger partial charge in [0.05, 0.1) is 11.9 Å². The van der Waals surface area contributed by atoms with E-state index in [0.717, 1.165) is 10.9 Å². The van der Waals surface area contributed by atoms with E-state index in [1.54, 1.807) is 6.20 Å². The number of nitrogens with zero attached hydrogens (tertiary/aromatic N) is 1. The molecule has 8 heteroatoms. The second kappa shape index (κ2) is 7.59. The van der Waals surface area contributed by atoms with Crippen LogP contribution in [0.25, 0.3) is 33.2 Å². The molecule has 0 saturated heterocycles. The Balaban J connectivity index is 1.68. The molecule has 35 heavy (non-hydrogen) atoms. The Morgan fingerprint density at radius 1 is 0.886 bits per heavy atom. The van der Waals surface area contributed by atoms with E-state index in [2.05, 4.69) is 4.98 Å². The maximum absolute atomic E-state index is 13.1. The summed E-state index contributed by atoms with van der Waals surface area (Å²) in [5.41, 5.74) is 1.79. The molecule has 1 aliphatic rings. The first-order valence-corrected chi connectivity index (χ1v) is 10.8. The van der Waals surface area contributed by atoms with Crippen LogP contribution in [0.2, 0.25) is 0 Å². The molecule has 0 radical (unpaired) electrons. The fourth-order valence-corrected chi connectivity index (χ4v) is 4.65. The molecule has 8 nitrogen and oxygen atoms in total. The average molecular weight is 467 g/mol. The average Bonchev–Trinajstić information content (AvgIpc) is 2.84. The number of aromatic nitrogens is 1. The summed E-state index contributed by atoms with van der Waals surface area (Å²) >= 11 is 0. The molecule has 0 unspecified atom stereocenters. The van der Waals surface area contributed by atoms with Gasteiger partial charge in [-0.2, -0.15) is 0 Å². The summed E-state index contributed by atoms with van der Waals surface area (Å²) in [7, 11) is 0. The third-order valence-electron chi connectivity index (χ3n) is 6.22. The van der Waals surface area contributed by atoms with Crippen LogP contribution in [0, 0.1) is 0 Å². The molecule has 172 valence electrons. The zero-order valence-electron chi connectivity index (χ0n) is 18.1. The molecule has 0 saturated carbocycles. The standard InChI is InChI=1S/C27H17NO7/c29-17-7-6-14(9-18(17)30)21-11-19(31)25-20(32)12-22-24(27(25)35-21)16(10-23(33)34-22)15-5-1-3-13-4-2-8-28-26(13)15/h1-9,11-12,16,29-30,32H,10H2/t16-/m1/s1. The van der Waals surface area contributed by atoms with Crippen LogP contribution < -0.4 is 10.2 Å². The zero-order valence-corrected chi connectivity index (χ0v) is 18.1. The van der Waals surface area contributed by atoms with E-state index >= 15 is 0 Å². The Kier molecular flexibility index (Phi) is 4.50. The Morgan fingerprint density at radius 3 is 2.54 bits per heavy atom. The number of aromatic hydroxyl groups is 3. The van der Waals surface area contributed by atoms with Crippen molar-refractivity contribution in [3.63, 3.8) is 0 Å². The van der Waals surface area contributed by atoms with Crippen molar-refractivity contribution in [1.82, 2.24) is 4.98 Å². The molecule has 0 fully saturated rings. The summed E-state index contributed by atoms with van der Waals surface area (Å²) in [6.45, 7) is 0. The summed E-state index contributed by atoms with van der Waals surface area (Å²) < 4.78 is 11.6. The first kappa shape index (κ1) is 20.7. The normalized spacial score (nSPS) is 15.2. The molecular formula is C27H17NO7. The fourth-order valence-electron chi connectivity index (χ4n) is 4.65. The van der Waals surface area contributed by atoms with Gasteiger partial charge in [0.25, 0.3) is 0 Å². The molecule has 2 aromatic heterocycles. The quantitative estimate of drug-likeness (QED) is 0.196. The van der Waals surface area contributed by atoms with Crippen LogP contribution in [-0.2, 0) is 4.79 Å². The topological polar surface area (TPSA) is 130 Å². The van der Waals surface area contributed by atoms with Crippen LogP contribution in [-0.4, -0.2) is 26.3 Å². The monoisotopic (exact) mass is 467 g/mol. The minimum Gasteiger partial charge on any atom is -0.507 e. The molecule has 0 aliphatic carbocycles. The van der Waals surface area contributed by atoms with Gasteiger partial charge in [-0.05, 0) is 29.8 Å². The number of fused-ring (bicyclic) bond motifs is 4. The molecule has 3 aromatic carbocycles. The largest absolute Gasteiger partial charge is 0.507 e. The number of esters is 1. The first-order valence-electron chi connectivity index (χ1n) is 10.8. The molecular weight excluding hydrogens is 450 g/mol.